The van der Waals surface area contributed by atoms with Gasteiger partial charge in [-0.25, -0.2) is 9.78 Å². The first-order valence-corrected chi connectivity index (χ1v) is 7.75. The fraction of sp³-hybridized carbons (Fsp3) is 0.615. The lowest BCUT2D eigenvalue weighted by atomic mass is 10.1. The van der Waals surface area contributed by atoms with Crippen molar-refractivity contribution in [3.63, 3.8) is 0 Å². The summed E-state index contributed by atoms with van der Waals surface area (Å²) in [5, 5.41) is 17.1. The Morgan fingerprint density at radius 3 is 2.75 bits per heavy atom. The number of carboxylic acids is 1. The summed E-state index contributed by atoms with van der Waals surface area (Å²) in [6.45, 7) is 0. The van der Waals surface area contributed by atoms with Crippen LogP contribution in [0, 0.1) is 5.92 Å². The van der Waals surface area contributed by atoms with Crippen molar-refractivity contribution in [2.75, 3.05) is 5.32 Å². The second kappa shape index (κ2) is 5.40. The predicted molar refractivity (Wildman–Crippen MR) is 75.0 cm³/mol. The summed E-state index contributed by atoms with van der Waals surface area (Å²) in [5.41, 5.74) is 1.07. The van der Waals surface area contributed by atoms with Crippen molar-refractivity contribution >= 4 is 28.5 Å². The summed E-state index contributed by atoms with van der Waals surface area (Å²) in [7, 11) is 0. The van der Waals surface area contributed by atoms with Crippen LogP contribution in [-0.2, 0) is 4.79 Å². The summed E-state index contributed by atoms with van der Waals surface area (Å²) in [6.07, 6.45) is 4.23. The molecule has 2 fully saturated rings. The summed E-state index contributed by atoms with van der Waals surface area (Å²) >= 11 is 1.43. The van der Waals surface area contributed by atoms with Gasteiger partial charge in [0.2, 0.25) is 0 Å². The van der Waals surface area contributed by atoms with E-state index in [1.807, 2.05) is 5.38 Å². The van der Waals surface area contributed by atoms with Crippen molar-refractivity contribution in [1.82, 2.24) is 10.3 Å². The third-order valence-electron chi connectivity index (χ3n) is 3.86. The molecule has 2 unspecified atom stereocenters. The van der Waals surface area contributed by atoms with Gasteiger partial charge in [0.15, 0.2) is 5.13 Å². The maximum Gasteiger partial charge on any atom is 0.321 e. The highest BCUT2D eigenvalue weighted by atomic mass is 32.1. The van der Waals surface area contributed by atoms with Gasteiger partial charge < -0.3 is 10.4 Å². The molecule has 1 aromatic heterocycles. The van der Waals surface area contributed by atoms with E-state index in [1.54, 1.807) is 0 Å². The van der Waals surface area contributed by atoms with Crippen LogP contribution in [-0.4, -0.2) is 28.1 Å². The highest BCUT2D eigenvalue weighted by Crippen LogP contribution is 2.40. The van der Waals surface area contributed by atoms with E-state index in [0.29, 0.717) is 23.9 Å². The molecule has 2 aliphatic rings. The summed E-state index contributed by atoms with van der Waals surface area (Å²) < 4.78 is 0. The van der Waals surface area contributed by atoms with E-state index in [1.165, 1.54) is 24.2 Å². The van der Waals surface area contributed by atoms with E-state index < -0.39 is 5.97 Å². The number of urea groups is 1. The number of thiazole rings is 1. The normalized spacial score (nSPS) is 25.4. The molecule has 0 saturated heterocycles. The number of anilines is 1. The Morgan fingerprint density at radius 1 is 1.30 bits per heavy atom. The molecule has 3 N–H and O–H groups in total. The second-order valence-electron chi connectivity index (χ2n) is 5.50. The molecule has 1 aromatic rings. The lowest BCUT2D eigenvalue weighted by Crippen LogP contribution is -2.36. The molecule has 6 nitrogen and oxygen atoms in total. The van der Waals surface area contributed by atoms with Gasteiger partial charge in [0, 0.05) is 17.3 Å². The predicted octanol–water partition coefficient (Wildman–Crippen LogP) is 2.40. The van der Waals surface area contributed by atoms with E-state index in [0.717, 1.165) is 12.1 Å². The van der Waals surface area contributed by atoms with E-state index in [4.69, 9.17) is 5.11 Å². The molecule has 0 radical (unpaired) electrons. The SMILES string of the molecule is O=C(Nc1nc(C2CC2)cs1)NC1CCC(C(=O)O)C1. The zero-order chi connectivity index (χ0) is 14.1. The van der Waals surface area contributed by atoms with Crippen molar-refractivity contribution < 1.29 is 14.7 Å². The van der Waals surface area contributed by atoms with Gasteiger partial charge >= 0.3 is 12.0 Å². The molecule has 108 valence electrons. The Bertz CT molecular complexity index is 527. The Hall–Kier alpha value is -1.63. The van der Waals surface area contributed by atoms with Crippen LogP contribution in [0.1, 0.15) is 43.7 Å². The number of carboxylic acid groups (broad SMARTS) is 1. The average Bonchev–Trinajstić information content (AvgIpc) is 2.96. The van der Waals surface area contributed by atoms with Crippen LogP contribution in [0.4, 0.5) is 9.93 Å². The molecule has 0 spiro atoms. The second-order valence-corrected chi connectivity index (χ2v) is 6.35. The maximum absolute atomic E-state index is 11.8. The Kier molecular flexibility index (Phi) is 3.60. The molecule has 20 heavy (non-hydrogen) atoms. The van der Waals surface area contributed by atoms with Crippen LogP contribution in [0.25, 0.3) is 0 Å². The van der Waals surface area contributed by atoms with E-state index in [2.05, 4.69) is 15.6 Å². The number of hydrogen-bond acceptors (Lipinski definition) is 4. The first-order valence-electron chi connectivity index (χ1n) is 6.87. The lowest BCUT2D eigenvalue weighted by molar-refractivity contribution is -0.141. The summed E-state index contributed by atoms with van der Waals surface area (Å²) in [6, 6.07) is -0.350. The molecule has 0 bridgehead atoms. The topological polar surface area (TPSA) is 91.3 Å². The van der Waals surface area contributed by atoms with Gasteiger partial charge in [0.25, 0.3) is 0 Å². The molecule has 1 heterocycles. The molecule has 2 saturated carbocycles. The van der Waals surface area contributed by atoms with Crippen molar-refractivity contribution in [3.05, 3.63) is 11.1 Å². The van der Waals surface area contributed by atoms with Crippen LogP contribution < -0.4 is 10.6 Å². The van der Waals surface area contributed by atoms with Crippen molar-refractivity contribution in [2.24, 2.45) is 5.92 Å². The van der Waals surface area contributed by atoms with Crippen molar-refractivity contribution in [2.45, 2.75) is 44.1 Å². The highest BCUT2D eigenvalue weighted by Gasteiger charge is 2.31. The largest absolute Gasteiger partial charge is 0.481 e. The zero-order valence-electron chi connectivity index (χ0n) is 11.0. The highest BCUT2D eigenvalue weighted by molar-refractivity contribution is 7.13. The van der Waals surface area contributed by atoms with Crippen LogP contribution in [0.15, 0.2) is 5.38 Å². The van der Waals surface area contributed by atoms with Gasteiger partial charge in [-0.2, -0.15) is 0 Å². The number of aliphatic carboxylic acids is 1. The van der Waals surface area contributed by atoms with Gasteiger partial charge in [-0.3, -0.25) is 10.1 Å². The third kappa shape index (κ3) is 3.09. The monoisotopic (exact) mass is 295 g/mol. The number of carbonyl (C=O) groups excluding carboxylic acids is 1. The number of nitrogens with zero attached hydrogens (tertiary/aromatic N) is 1. The van der Waals surface area contributed by atoms with Crippen molar-refractivity contribution in [3.8, 4) is 0 Å². The van der Waals surface area contributed by atoms with Crippen LogP contribution in [0.2, 0.25) is 0 Å². The first kappa shape index (κ1) is 13.4. The number of aromatic nitrogens is 1. The molecule has 3 rings (SSSR count). The average molecular weight is 295 g/mol. The molecule has 0 aliphatic heterocycles. The first-order chi connectivity index (χ1) is 9.61. The Morgan fingerprint density at radius 2 is 2.10 bits per heavy atom. The third-order valence-corrected chi connectivity index (χ3v) is 4.63. The molecular weight excluding hydrogens is 278 g/mol. The smallest absolute Gasteiger partial charge is 0.321 e. The maximum atomic E-state index is 11.8. The van der Waals surface area contributed by atoms with Crippen LogP contribution in [0.3, 0.4) is 0 Å². The quantitative estimate of drug-likeness (QED) is 0.795. The number of rotatable bonds is 4. The van der Waals surface area contributed by atoms with Gasteiger partial charge in [0.1, 0.15) is 0 Å². The number of hydrogen-bond donors (Lipinski definition) is 3. The van der Waals surface area contributed by atoms with Gasteiger partial charge in [0.05, 0.1) is 11.6 Å². The van der Waals surface area contributed by atoms with Crippen molar-refractivity contribution in [1.29, 1.82) is 0 Å². The minimum Gasteiger partial charge on any atom is -0.481 e. The molecule has 0 aromatic carbocycles. The summed E-state index contributed by atoms with van der Waals surface area (Å²) in [5.74, 6) is -0.527. The molecular formula is C13H17N3O3S. The van der Waals surface area contributed by atoms with Gasteiger partial charge in [-0.15, -0.1) is 11.3 Å². The zero-order valence-corrected chi connectivity index (χ0v) is 11.8. The van der Waals surface area contributed by atoms with E-state index in [9.17, 15) is 9.59 Å². The standard InChI is InChI=1S/C13H17N3O3S/c17-11(18)8-3-4-9(5-8)14-12(19)16-13-15-10(6-20-13)7-1-2-7/h6-9H,1-5H2,(H,17,18)(H2,14,15,16,19). The fourth-order valence-corrected chi connectivity index (χ4v) is 3.35. The number of nitrogens with one attached hydrogen (secondary N) is 2. The summed E-state index contributed by atoms with van der Waals surface area (Å²) in [4.78, 5) is 27.1. The minimum atomic E-state index is -0.774. The number of amides is 2. The van der Waals surface area contributed by atoms with E-state index >= 15 is 0 Å². The molecule has 2 aliphatic carbocycles. The van der Waals surface area contributed by atoms with Crippen LogP contribution >= 0.6 is 11.3 Å². The lowest BCUT2D eigenvalue weighted by Gasteiger charge is -2.12. The molecule has 2 amide bonds. The molecule has 7 heteroatoms. The number of carbonyl (C=O) groups is 2. The van der Waals surface area contributed by atoms with Crippen LogP contribution in [0.5, 0.6) is 0 Å². The Labute approximate surface area is 120 Å². The Balaban J connectivity index is 1.48. The minimum absolute atomic E-state index is 0.0565. The molecule has 2 atom stereocenters. The van der Waals surface area contributed by atoms with Gasteiger partial charge in [-0.05, 0) is 32.1 Å². The van der Waals surface area contributed by atoms with E-state index in [-0.39, 0.29) is 18.0 Å². The fourth-order valence-electron chi connectivity index (χ4n) is 2.57. The van der Waals surface area contributed by atoms with Gasteiger partial charge in [-0.1, -0.05) is 0 Å².